The fourth-order valence-corrected chi connectivity index (χ4v) is 3.89. The van der Waals surface area contributed by atoms with Crippen molar-refractivity contribution in [1.29, 1.82) is 0 Å². The first-order valence-electron chi connectivity index (χ1n) is 9.69. The van der Waals surface area contributed by atoms with Crippen LogP contribution in [0.25, 0.3) is 16.8 Å². The first-order valence-corrected chi connectivity index (χ1v) is 9.69. The Labute approximate surface area is 168 Å². The molecule has 0 fully saturated rings. The number of ether oxygens (including phenoxy) is 1. The van der Waals surface area contributed by atoms with Crippen molar-refractivity contribution in [3.8, 4) is 16.9 Å². The standard InChI is InChI=1S/C23H21FN4O/c1-27-11-10-22(29-20-6-4-19(24)5-7-20)21-8-2-16(12-18(21)13-27)17-3-9-23-25-15-26-28(23)14-17/h2-9,12,14-15,22H,10-11,13H2,1H3. The Kier molecular flexibility index (Phi) is 4.48. The van der Waals surface area contributed by atoms with Crippen LogP contribution in [0.15, 0.2) is 67.1 Å². The molecule has 0 saturated heterocycles. The number of hydrogen-bond donors (Lipinski definition) is 0. The molecule has 4 aromatic rings. The van der Waals surface area contributed by atoms with Crippen molar-refractivity contribution in [2.45, 2.75) is 19.1 Å². The van der Waals surface area contributed by atoms with Gasteiger partial charge >= 0.3 is 0 Å². The molecular weight excluding hydrogens is 367 g/mol. The number of benzene rings is 2. The molecule has 5 rings (SSSR count). The smallest absolute Gasteiger partial charge is 0.155 e. The van der Waals surface area contributed by atoms with Crippen LogP contribution in [-0.2, 0) is 6.54 Å². The van der Waals surface area contributed by atoms with Crippen LogP contribution >= 0.6 is 0 Å². The van der Waals surface area contributed by atoms with E-state index in [1.165, 1.54) is 23.3 Å². The van der Waals surface area contributed by atoms with Gasteiger partial charge in [0.15, 0.2) is 5.65 Å². The highest BCUT2D eigenvalue weighted by molar-refractivity contribution is 5.66. The van der Waals surface area contributed by atoms with Gasteiger partial charge in [0.2, 0.25) is 0 Å². The molecule has 0 radical (unpaired) electrons. The molecule has 6 heteroatoms. The van der Waals surface area contributed by atoms with E-state index in [-0.39, 0.29) is 11.9 Å². The number of fused-ring (bicyclic) bond motifs is 2. The van der Waals surface area contributed by atoms with Gasteiger partial charge in [0, 0.05) is 31.3 Å². The topological polar surface area (TPSA) is 42.7 Å². The average molecular weight is 388 g/mol. The second kappa shape index (κ2) is 7.29. The fourth-order valence-electron chi connectivity index (χ4n) is 3.89. The second-order valence-electron chi connectivity index (χ2n) is 7.48. The van der Waals surface area contributed by atoms with Crippen LogP contribution in [0, 0.1) is 5.82 Å². The minimum atomic E-state index is -0.257. The van der Waals surface area contributed by atoms with Crippen molar-refractivity contribution in [2.75, 3.05) is 13.6 Å². The number of aromatic nitrogens is 3. The highest BCUT2D eigenvalue weighted by Crippen LogP contribution is 2.33. The summed E-state index contributed by atoms with van der Waals surface area (Å²) in [5.74, 6) is 0.431. The van der Waals surface area contributed by atoms with Crippen LogP contribution in [0.5, 0.6) is 5.75 Å². The van der Waals surface area contributed by atoms with Crippen LogP contribution in [0.2, 0.25) is 0 Å². The first-order chi connectivity index (χ1) is 14.2. The lowest BCUT2D eigenvalue weighted by molar-refractivity contribution is 0.182. The summed E-state index contributed by atoms with van der Waals surface area (Å²) in [6, 6.07) is 16.8. The summed E-state index contributed by atoms with van der Waals surface area (Å²) in [6.07, 6.45) is 4.37. The number of hydrogen-bond acceptors (Lipinski definition) is 4. The highest BCUT2D eigenvalue weighted by atomic mass is 19.1. The molecule has 0 N–H and O–H groups in total. The van der Waals surface area contributed by atoms with Gasteiger partial charge in [-0.1, -0.05) is 12.1 Å². The van der Waals surface area contributed by atoms with Gasteiger partial charge < -0.3 is 9.64 Å². The largest absolute Gasteiger partial charge is 0.486 e. The number of halogens is 1. The molecule has 1 unspecified atom stereocenters. The summed E-state index contributed by atoms with van der Waals surface area (Å²) in [5, 5.41) is 4.24. The van der Waals surface area contributed by atoms with Crippen molar-refractivity contribution in [2.24, 2.45) is 0 Å². The number of rotatable bonds is 3. The predicted molar refractivity (Wildman–Crippen MR) is 109 cm³/mol. The zero-order chi connectivity index (χ0) is 19.8. The Balaban J connectivity index is 1.50. The van der Waals surface area contributed by atoms with Crippen LogP contribution in [-0.4, -0.2) is 33.1 Å². The molecule has 146 valence electrons. The Morgan fingerprint density at radius 2 is 1.86 bits per heavy atom. The minimum Gasteiger partial charge on any atom is -0.486 e. The summed E-state index contributed by atoms with van der Waals surface area (Å²) in [4.78, 5) is 6.51. The lowest BCUT2D eigenvalue weighted by atomic mass is 9.96. The summed E-state index contributed by atoms with van der Waals surface area (Å²) >= 11 is 0. The molecule has 2 aromatic carbocycles. The van der Waals surface area contributed by atoms with Gasteiger partial charge in [0.05, 0.1) is 0 Å². The third-order valence-corrected chi connectivity index (χ3v) is 5.40. The lowest BCUT2D eigenvalue weighted by Crippen LogP contribution is -2.18. The second-order valence-corrected chi connectivity index (χ2v) is 7.48. The van der Waals surface area contributed by atoms with Crippen LogP contribution < -0.4 is 4.74 Å². The zero-order valence-corrected chi connectivity index (χ0v) is 16.1. The molecule has 0 saturated carbocycles. The van der Waals surface area contributed by atoms with E-state index in [0.29, 0.717) is 5.75 Å². The summed E-state index contributed by atoms with van der Waals surface area (Å²) in [7, 11) is 2.12. The fraction of sp³-hybridized carbons (Fsp3) is 0.217. The van der Waals surface area contributed by atoms with E-state index in [4.69, 9.17) is 4.74 Å². The monoisotopic (exact) mass is 388 g/mol. The molecule has 29 heavy (non-hydrogen) atoms. The molecule has 1 aliphatic heterocycles. The van der Waals surface area contributed by atoms with Crippen LogP contribution in [0.1, 0.15) is 23.7 Å². The molecule has 0 aliphatic carbocycles. The zero-order valence-electron chi connectivity index (χ0n) is 16.1. The van der Waals surface area contributed by atoms with E-state index in [1.54, 1.807) is 23.0 Å². The molecule has 0 bridgehead atoms. The SMILES string of the molecule is CN1CCC(Oc2ccc(F)cc2)c2ccc(-c3ccc4ncnn4c3)cc2C1. The Hall–Kier alpha value is -3.25. The maximum atomic E-state index is 13.2. The predicted octanol–water partition coefficient (Wildman–Crippen LogP) is 4.49. The molecule has 1 aliphatic rings. The van der Waals surface area contributed by atoms with Gasteiger partial charge in [0.1, 0.15) is 24.0 Å². The quantitative estimate of drug-likeness (QED) is 0.519. The van der Waals surface area contributed by atoms with Crippen LogP contribution in [0.4, 0.5) is 4.39 Å². The molecular formula is C23H21FN4O. The normalized spacial score (nSPS) is 17.1. The maximum Gasteiger partial charge on any atom is 0.155 e. The van der Waals surface area contributed by atoms with Crippen molar-refractivity contribution in [3.63, 3.8) is 0 Å². The molecule has 1 atom stereocenters. The molecule has 0 spiro atoms. The number of nitrogens with zero attached hydrogens (tertiary/aromatic N) is 4. The molecule has 2 aromatic heterocycles. The van der Waals surface area contributed by atoms with Gasteiger partial charge in [-0.05, 0) is 66.2 Å². The van der Waals surface area contributed by atoms with Crippen molar-refractivity contribution in [1.82, 2.24) is 19.5 Å². The summed E-state index contributed by atoms with van der Waals surface area (Å²) < 4.78 is 21.3. The third kappa shape index (κ3) is 3.59. The van der Waals surface area contributed by atoms with Crippen molar-refractivity contribution >= 4 is 5.65 Å². The van der Waals surface area contributed by atoms with E-state index in [1.807, 2.05) is 12.3 Å². The van der Waals surface area contributed by atoms with Crippen LogP contribution in [0.3, 0.4) is 0 Å². The van der Waals surface area contributed by atoms with E-state index in [2.05, 4.69) is 46.3 Å². The average Bonchev–Trinajstić information content (AvgIpc) is 3.14. The van der Waals surface area contributed by atoms with Gasteiger partial charge in [-0.25, -0.2) is 13.9 Å². The van der Waals surface area contributed by atoms with E-state index >= 15 is 0 Å². The van der Waals surface area contributed by atoms with E-state index < -0.39 is 0 Å². The Morgan fingerprint density at radius 3 is 2.72 bits per heavy atom. The highest BCUT2D eigenvalue weighted by Gasteiger charge is 2.23. The number of pyridine rings is 1. The summed E-state index contributed by atoms with van der Waals surface area (Å²) in [6.45, 7) is 1.79. The van der Waals surface area contributed by atoms with Gasteiger partial charge in [-0.15, -0.1) is 0 Å². The first kappa shape index (κ1) is 17.8. The Bertz CT molecular complexity index is 1160. The lowest BCUT2D eigenvalue weighted by Gasteiger charge is -2.20. The molecule has 0 amide bonds. The van der Waals surface area contributed by atoms with Gasteiger partial charge in [-0.3, -0.25) is 0 Å². The van der Waals surface area contributed by atoms with Crippen molar-refractivity contribution < 1.29 is 9.13 Å². The maximum absolute atomic E-state index is 13.2. The van der Waals surface area contributed by atoms with Gasteiger partial charge in [0.25, 0.3) is 0 Å². The summed E-state index contributed by atoms with van der Waals surface area (Å²) in [5.41, 5.74) is 5.49. The van der Waals surface area contributed by atoms with Gasteiger partial charge in [-0.2, -0.15) is 5.10 Å². The third-order valence-electron chi connectivity index (χ3n) is 5.40. The van der Waals surface area contributed by atoms with E-state index in [9.17, 15) is 4.39 Å². The minimum absolute atomic E-state index is 0.0627. The van der Waals surface area contributed by atoms with Crippen molar-refractivity contribution in [3.05, 3.63) is 84.1 Å². The molecule has 3 heterocycles. The Morgan fingerprint density at radius 1 is 1.03 bits per heavy atom. The molecule has 5 nitrogen and oxygen atoms in total. The van der Waals surface area contributed by atoms with E-state index in [0.717, 1.165) is 36.3 Å².